The summed E-state index contributed by atoms with van der Waals surface area (Å²) in [5.41, 5.74) is 2.23. The van der Waals surface area contributed by atoms with Crippen molar-refractivity contribution >= 4 is 17.7 Å². The molecule has 0 aliphatic rings. The van der Waals surface area contributed by atoms with Crippen molar-refractivity contribution in [2.75, 3.05) is 33.0 Å². The van der Waals surface area contributed by atoms with Crippen LogP contribution in [-0.4, -0.2) is 58.6 Å². The highest BCUT2D eigenvalue weighted by atomic mass is 32.2. The van der Waals surface area contributed by atoms with Crippen LogP contribution < -0.4 is 10.1 Å². The number of carbonyl (C=O) groups is 1. The van der Waals surface area contributed by atoms with Crippen LogP contribution >= 0.6 is 11.8 Å². The molecule has 1 amide bonds. The molecular weight excluding hydrogens is 410 g/mol. The summed E-state index contributed by atoms with van der Waals surface area (Å²) in [7, 11) is 3.74. The normalized spacial score (nSPS) is 11.0. The largest absolute Gasteiger partial charge is 0.497 e. The fraction of sp³-hybridized carbons (Fsp3) is 0.348. The van der Waals surface area contributed by atoms with Gasteiger partial charge in [-0.3, -0.25) is 9.36 Å². The molecule has 164 valence electrons. The van der Waals surface area contributed by atoms with Gasteiger partial charge in [0.05, 0.1) is 12.9 Å². The number of thioether (sulfide) groups is 1. The van der Waals surface area contributed by atoms with Crippen LogP contribution in [0.1, 0.15) is 17.8 Å². The van der Waals surface area contributed by atoms with Crippen LogP contribution in [0.15, 0.2) is 59.8 Å². The second-order valence-electron chi connectivity index (χ2n) is 7.28. The molecule has 0 unspecified atom stereocenters. The number of amides is 1. The first kappa shape index (κ1) is 22.8. The summed E-state index contributed by atoms with van der Waals surface area (Å²) in [5.74, 6) is 1.86. The van der Waals surface area contributed by atoms with Gasteiger partial charge in [-0.2, -0.15) is 0 Å². The lowest BCUT2D eigenvalue weighted by atomic mass is 10.2. The molecule has 1 heterocycles. The number of aryl methyl sites for hydroxylation is 1. The van der Waals surface area contributed by atoms with Crippen molar-refractivity contribution in [1.82, 2.24) is 25.0 Å². The van der Waals surface area contributed by atoms with Crippen molar-refractivity contribution < 1.29 is 9.53 Å². The Morgan fingerprint density at radius 1 is 1.13 bits per heavy atom. The number of nitrogens with zero attached hydrogens (tertiary/aromatic N) is 4. The van der Waals surface area contributed by atoms with Gasteiger partial charge in [-0.1, -0.05) is 42.1 Å². The summed E-state index contributed by atoms with van der Waals surface area (Å²) in [5, 5.41) is 12.1. The molecule has 0 spiro atoms. The molecule has 0 saturated heterocycles. The number of hydrogen-bond acceptors (Lipinski definition) is 6. The van der Waals surface area contributed by atoms with E-state index in [-0.39, 0.29) is 5.91 Å². The third-order valence-corrected chi connectivity index (χ3v) is 5.72. The van der Waals surface area contributed by atoms with Gasteiger partial charge in [-0.05, 0) is 56.8 Å². The molecular formula is C23H29N5O2S. The van der Waals surface area contributed by atoms with Gasteiger partial charge in [-0.15, -0.1) is 10.2 Å². The summed E-state index contributed by atoms with van der Waals surface area (Å²) in [6.07, 6.45) is 0.904. The van der Waals surface area contributed by atoms with E-state index in [1.54, 1.807) is 7.11 Å². The molecule has 1 N–H and O–H groups in total. The number of ether oxygens (including phenoxy) is 1. The fourth-order valence-corrected chi connectivity index (χ4v) is 4.02. The first-order valence-corrected chi connectivity index (χ1v) is 11.2. The van der Waals surface area contributed by atoms with Crippen LogP contribution in [0, 0.1) is 6.92 Å². The molecule has 3 aromatic rings. The highest BCUT2D eigenvalue weighted by Gasteiger charge is 2.13. The second-order valence-corrected chi connectivity index (χ2v) is 8.22. The van der Waals surface area contributed by atoms with Crippen molar-refractivity contribution in [3.8, 4) is 11.4 Å². The Hall–Kier alpha value is -2.84. The van der Waals surface area contributed by atoms with Gasteiger partial charge in [-0.25, -0.2) is 0 Å². The molecule has 3 rings (SSSR count). The number of aromatic nitrogens is 3. The Morgan fingerprint density at radius 3 is 2.58 bits per heavy atom. The summed E-state index contributed by atoms with van der Waals surface area (Å²) in [6.45, 7) is 4.38. The van der Waals surface area contributed by atoms with Gasteiger partial charge in [0, 0.05) is 18.8 Å². The molecule has 8 heteroatoms. The summed E-state index contributed by atoms with van der Waals surface area (Å²) < 4.78 is 7.16. The number of methoxy groups -OCH3 is 1. The van der Waals surface area contributed by atoms with Crippen molar-refractivity contribution in [3.05, 3.63) is 66.0 Å². The maximum atomic E-state index is 12.3. The van der Waals surface area contributed by atoms with Gasteiger partial charge in [0.1, 0.15) is 11.6 Å². The van der Waals surface area contributed by atoms with E-state index >= 15 is 0 Å². The van der Waals surface area contributed by atoms with Crippen molar-refractivity contribution in [2.24, 2.45) is 0 Å². The lowest BCUT2D eigenvalue weighted by molar-refractivity contribution is -0.118. The molecule has 0 saturated carbocycles. The first-order valence-electron chi connectivity index (χ1n) is 10.2. The van der Waals surface area contributed by atoms with Gasteiger partial charge in [0.25, 0.3) is 0 Å². The second kappa shape index (κ2) is 11.5. The Balaban J connectivity index is 1.42. The molecule has 2 aromatic carbocycles. The number of hydrogen-bond donors (Lipinski definition) is 1. The van der Waals surface area contributed by atoms with Crippen molar-refractivity contribution in [1.29, 1.82) is 0 Å². The van der Waals surface area contributed by atoms with E-state index in [4.69, 9.17) is 4.74 Å². The summed E-state index contributed by atoms with van der Waals surface area (Å²) in [4.78, 5) is 14.5. The Morgan fingerprint density at radius 2 is 1.87 bits per heavy atom. The maximum Gasteiger partial charge on any atom is 0.230 e. The van der Waals surface area contributed by atoms with Crippen molar-refractivity contribution in [2.45, 2.75) is 25.0 Å². The van der Waals surface area contributed by atoms with Crippen molar-refractivity contribution in [3.63, 3.8) is 0 Å². The van der Waals surface area contributed by atoms with Gasteiger partial charge in [0.15, 0.2) is 5.16 Å². The topological polar surface area (TPSA) is 72.3 Å². The zero-order valence-electron chi connectivity index (χ0n) is 18.2. The average Bonchev–Trinajstić information content (AvgIpc) is 3.16. The third kappa shape index (κ3) is 6.83. The Labute approximate surface area is 187 Å². The minimum atomic E-state index is -0.00218. The maximum absolute atomic E-state index is 12.3. The third-order valence-electron chi connectivity index (χ3n) is 4.79. The van der Waals surface area contributed by atoms with Crippen LogP contribution in [0.25, 0.3) is 5.69 Å². The van der Waals surface area contributed by atoms with E-state index < -0.39 is 0 Å². The molecule has 0 radical (unpaired) electrons. The fourth-order valence-electron chi connectivity index (χ4n) is 3.20. The van der Waals surface area contributed by atoms with E-state index in [1.165, 1.54) is 17.3 Å². The molecule has 0 aliphatic carbocycles. The van der Waals surface area contributed by atoms with E-state index in [1.807, 2.05) is 41.8 Å². The zero-order valence-corrected chi connectivity index (χ0v) is 19.1. The molecule has 0 fully saturated rings. The molecule has 0 aliphatic heterocycles. The standard InChI is InChI=1S/C23H29N5O2S/c1-18-25-26-23(28(18)20-10-12-21(30-3)13-11-20)31-17-22(29)24-14-7-15-27(2)16-19-8-5-4-6-9-19/h4-6,8-13H,7,14-17H2,1-3H3,(H,24,29). The number of benzene rings is 2. The lowest BCUT2D eigenvalue weighted by Crippen LogP contribution is -2.29. The SMILES string of the molecule is COc1ccc(-n2c(C)nnc2SCC(=O)NCCCN(C)Cc2ccccc2)cc1. The first-order chi connectivity index (χ1) is 15.1. The van der Waals surface area contributed by atoms with Gasteiger partial charge >= 0.3 is 0 Å². The Bertz CT molecular complexity index is 960. The van der Waals surface area contributed by atoms with Crippen LogP contribution in [0.4, 0.5) is 0 Å². The minimum Gasteiger partial charge on any atom is -0.497 e. The predicted octanol–water partition coefficient (Wildman–Crippen LogP) is 3.31. The quantitative estimate of drug-likeness (QED) is 0.365. The minimum absolute atomic E-state index is 0.00218. The van der Waals surface area contributed by atoms with Crippen LogP contribution in [0.3, 0.4) is 0 Å². The molecule has 0 atom stereocenters. The highest BCUT2D eigenvalue weighted by molar-refractivity contribution is 7.99. The van der Waals surface area contributed by atoms with Crippen LogP contribution in [0.5, 0.6) is 5.75 Å². The van der Waals surface area contributed by atoms with Crippen LogP contribution in [0.2, 0.25) is 0 Å². The molecule has 1 aromatic heterocycles. The number of carbonyl (C=O) groups excluding carboxylic acids is 1. The molecule has 0 bridgehead atoms. The van der Waals surface area contributed by atoms with E-state index in [0.29, 0.717) is 17.5 Å². The monoisotopic (exact) mass is 439 g/mol. The van der Waals surface area contributed by atoms with Gasteiger partial charge in [0.2, 0.25) is 5.91 Å². The summed E-state index contributed by atoms with van der Waals surface area (Å²) >= 11 is 1.38. The summed E-state index contributed by atoms with van der Waals surface area (Å²) in [6, 6.07) is 18.1. The lowest BCUT2D eigenvalue weighted by Gasteiger charge is -2.16. The van der Waals surface area contributed by atoms with E-state index in [0.717, 1.165) is 36.8 Å². The van der Waals surface area contributed by atoms with Gasteiger partial charge < -0.3 is 15.0 Å². The molecule has 7 nitrogen and oxygen atoms in total. The number of nitrogens with one attached hydrogen (secondary N) is 1. The highest BCUT2D eigenvalue weighted by Crippen LogP contribution is 2.23. The molecule has 31 heavy (non-hydrogen) atoms. The zero-order chi connectivity index (χ0) is 22.1. The van der Waals surface area contributed by atoms with Crippen LogP contribution in [-0.2, 0) is 11.3 Å². The van der Waals surface area contributed by atoms with E-state index in [9.17, 15) is 4.79 Å². The smallest absolute Gasteiger partial charge is 0.230 e. The average molecular weight is 440 g/mol. The van der Waals surface area contributed by atoms with E-state index in [2.05, 4.69) is 51.7 Å². The number of rotatable bonds is 11. The Kier molecular flexibility index (Phi) is 8.49. The predicted molar refractivity (Wildman–Crippen MR) is 124 cm³/mol.